The zero-order chi connectivity index (χ0) is 7.11. The molecule has 0 aliphatic carbocycles. The molecule has 0 aromatic rings. The maximum absolute atomic E-state index is 10.5. The van der Waals surface area contributed by atoms with Gasteiger partial charge in [-0.15, -0.1) is 0 Å². The Morgan fingerprint density at radius 2 is 2.22 bits per heavy atom. The van der Waals surface area contributed by atoms with Crippen LogP contribution >= 0.6 is 15.9 Å². The lowest BCUT2D eigenvalue weighted by atomic mass is 10.2. The van der Waals surface area contributed by atoms with Gasteiger partial charge in [-0.25, -0.2) is 0 Å². The fourth-order valence-corrected chi connectivity index (χ4v) is 0.739. The van der Waals surface area contributed by atoms with Gasteiger partial charge in [-0.1, -0.05) is 15.9 Å². The Balaban J connectivity index is 3.16. The minimum Gasteiger partial charge on any atom is -0.303 e. The van der Waals surface area contributed by atoms with Crippen LogP contribution in [0.4, 0.5) is 0 Å². The fourth-order valence-electron chi connectivity index (χ4n) is 0.459. The Labute approximate surface area is 62.8 Å². The van der Waals surface area contributed by atoms with Crippen molar-refractivity contribution < 1.29 is 9.59 Å². The van der Waals surface area contributed by atoms with Crippen LogP contribution in [-0.2, 0) is 9.59 Å². The molecule has 0 aliphatic heterocycles. The van der Waals surface area contributed by atoms with Gasteiger partial charge in [0, 0.05) is 11.8 Å². The van der Waals surface area contributed by atoms with Gasteiger partial charge in [-0.3, -0.25) is 4.79 Å². The number of halogens is 1. The molecule has 0 unspecified atom stereocenters. The molecule has 52 valence electrons. The number of rotatable bonds is 5. The van der Waals surface area contributed by atoms with E-state index in [9.17, 15) is 9.59 Å². The molecule has 0 aromatic heterocycles. The molecule has 0 fully saturated rings. The average Bonchev–Trinajstić information content (AvgIpc) is 1.85. The number of Topliss-reactive ketones (excluding diaryl/α,β-unsaturated/α-hetero) is 1. The quantitative estimate of drug-likeness (QED) is 0.375. The van der Waals surface area contributed by atoms with Crippen LogP contribution in [0.15, 0.2) is 0 Å². The van der Waals surface area contributed by atoms with Crippen molar-refractivity contribution in [3.63, 3.8) is 0 Å². The van der Waals surface area contributed by atoms with E-state index in [4.69, 9.17) is 0 Å². The Morgan fingerprint density at radius 3 is 2.67 bits per heavy atom. The van der Waals surface area contributed by atoms with Gasteiger partial charge < -0.3 is 4.79 Å². The van der Waals surface area contributed by atoms with Crippen molar-refractivity contribution in [2.24, 2.45) is 0 Å². The molecule has 0 N–H and O–H groups in total. The summed E-state index contributed by atoms with van der Waals surface area (Å²) >= 11 is 3.19. The maximum Gasteiger partial charge on any atom is 0.139 e. The van der Waals surface area contributed by atoms with Crippen molar-refractivity contribution in [3.05, 3.63) is 0 Å². The second-order valence-electron chi connectivity index (χ2n) is 1.70. The van der Waals surface area contributed by atoms with Gasteiger partial charge in [-0.2, -0.15) is 0 Å². The van der Waals surface area contributed by atoms with Crippen molar-refractivity contribution in [2.75, 3.05) is 5.33 Å². The molecule has 0 heterocycles. The summed E-state index contributed by atoms with van der Waals surface area (Å²) in [7, 11) is 0. The summed E-state index contributed by atoms with van der Waals surface area (Å²) in [6, 6.07) is 0. The number of alkyl halides is 1. The van der Waals surface area contributed by atoms with Gasteiger partial charge in [0.15, 0.2) is 0 Å². The highest BCUT2D eigenvalue weighted by Crippen LogP contribution is 1.96. The van der Waals surface area contributed by atoms with Crippen LogP contribution in [-0.4, -0.2) is 17.4 Å². The van der Waals surface area contributed by atoms with Crippen LogP contribution in [0.25, 0.3) is 0 Å². The molecule has 0 aromatic carbocycles. The van der Waals surface area contributed by atoms with Crippen LogP contribution < -0.4 is 0 Å². The number of ketones is 1. The van der Waals surface area contributed by atoms with Crippen LogP contribution in [0, 0.1) is 0 Å². The summed E-state index contributed by atoms with van der Waals surface area (Å²) in [6.07, 6.45) is 2.07. The van der Waals surface area contributed by atoms with Gasteiger partial charge in [-0.05, 0) is 6.42 Å². The number of carbonyl (C=O) groups is 2. The molecule has 0 rings (SSSR count). The largest absolute Gasteiger partial charge is 0.303 e. The van der Waals surface area contributed by atoms with Gasteiger partial charge in [0.2, 0.25) is 0 Å². The molecule has 0 amide bonds. The van der Waals surface area contributed by atoms with E-state index in [1.807, 2.05) is 0 Å². The van der Waals surface area contributed by atoms with Gasteiger partial charge >= 0.3 is 0 Å². The maximum atomic E-state index is 10.5. The number of carbonyl (C=O) groups excluding carboxylic acids is 2. The molecule has 3 heteroatoms. The lowest BCUT2D eigenvalue weighted by molar-refractivity contribution is -0.122. The third-order valence-corrected chi connectivity index (χ3v) is 1.46. The van der Waals surface area contributed by atoms with Gasteiger partial charge in [0.05, 0.1) is 6.42 Å². The van der Waals surface area contributed by atoms with E-state index in [-0.39, 0.29) is 12.2 Å². The first-order chi connectivity index (χ1) is 4.31. The van der Waals surface area contributed by atoms with E-state index in [1.54, 1.807) is 0 Å². The molecule has 0 spiro atoms. The van der Waals surface area contributed by atoms with Crippen molar-refractivity contribution in [1.82, 2.24) is 0 Å². The summed E-state index contributed by atoms with van der Waals surface area (Å²) < 4.78 is 0. The Morgan fingerprint density at radius 1 is 1.56 bits per heavy atom. The second kappa shape index (κ2) is 5.95. The Kier molecular flexibility index (Phi) is 5.83. The van der Waals surface area contributed by atoms with Crippen LogP contribution in [0.2, 0.25) is 0 Å². The van der Waals surface area contributed by atoms with Crippen molar-refractivity contribution in [3.8, 4) is 0 Å². The first-order valence-corrected chi connectivity index (χ1v) is 3.94. The highest BCUT2D eigenvalue weighted by atomic mass is 79.9. The smallest absolute Gasteiger partial charge is 0.139 e. The summed E-state index contributed by atoms with van der Waals surface area (Å²) in [5.41, 5.74) is 0. The van der Waals surface area contributed by atoms with Gasteiger partial charge in [0.25, 0.3) is 0 Å². The third-order valence-electron chi connectivity index (χ3n) is 0.900. The highest BCUT2D eigenvalue weighted by Gasteiger charge is 1.97. The van der Waals surface area contributed by atoms with Crippen molar-refractivity contribution >= 4 is 28.0 Å². The second-order valence-corrected chi connectivity index (χ2v) is 2.49. The van der Waals surface area contributed by atoms with E-state index >= 15 is 0 Å². The van der Waals surface area contributed by atoms with Crippen LogP contribution in [0.1, 0.15) is 19.3 Å². The van der Waals surface area contributed by atoms with E-state index in [0.29, 0.717) is 12.7 Å². The molecule has 0 saturated carbocycles. The molecule has 0 aliphatic rings. The normalized spacial score (nSPS) is 9.00. The molecule has 0 atom stereocenters. The fraction of sp³-hybridized carbons (Fsp3) is 0.667. The minimum absolute atomic E-state index is 0.0319. The van der Waals surface area contributed by atoms with E-state index < -0.39 is 0 Å². The van der Waals surface area contributed by atoms with E-state index in [1.165, 1.54) is 0 Å². The topological polar surface area (TPSA) is 34.1 Å². The predicted molar refractivity (Wildman–Crippen MR) is 38.7 cm³/mol. The Bertz CT molecular complexity index is 101. The monoisotopic (exact) mass is 192 g/mol. The first-order valence-electron chi connectivity index (χ1n) is 2.82. The molecular weight excluding hydrogens is 184 g/mol. The molecule has 0 radical (unpaired) electrons. The molecule has 2 nitrogen and oxygen atoms in total. The summed E-state index contributed by atoms with van der Waals surface area (Å²) in [5, 5.41) is 0.831. The predicted octanol–water partition coefficient (Wildman–Crippen LogP) is 1.32. The van der Waals surface area contributed by atoms with Crippen molar-refractivity contribution in [1.29, 1.82) is 0 Å². The van der Waals surface area contributed by atoms with Crippen LogP contribution in [0.3, 0.4) is 0 Å². The third kappa shape index (κ3) is 5.69. The summed E-state index contributed by atoms with van der Waals surface area (Å²) in [5.74, 6) is 0.0319. The lowest BCUT2D eigenvalue weighted by Gasteiger charge is -1.89. The first kappa shape index (κ1) is 8.82. The number of hydrogen-bond donors (Lipinski definition) is 0. The minimum atomic E-state index is 0.0319. The van der Waals surface area contributed by atoms with Crippen molar-refractivity contribution in [2.45, 2.75) is 19.3 Å². The standard InChI is InChI=1S/C6H9BrO2/c7-4-1-2-6(9)3-5-8/h5H,1-4H2. The number of hydrogen-bond acceptors (Lipinski definition) is 2. The summed E-state index contributed by atoms with van der Waals surface area (Å²) in [4.78, 5) is 20.3. The molecule has 0 saturated heterocycles. The molecule has 0 bridgehead atoms. The lowest BCUT2D eigenvalue weighted by Crippen LogP contribution is -1.97. The highest BCUT2D eigenvalue weighted by molar-refractivity contribution is 9.09. The van der Waals surface area contributed by atoms with E-state index in [0.717, 1.165) is 11.8 Å². The van der Waals surface area contributed by atoms with Gasteiger partial charge in [0.1, 0.15) is 12.1 Å². The Hall–Kier alpha value is -0.180. The average molecular weight is 193 g/mol. The summed E-state index contributed by atoms with van der Waals surface area (Å²) in [6.45, 7) is 0. The molecule has 9 heavy (non-hydrogen) atoms. The van der Waals surface area contributed by atoms with Crippen LogP contribution in [0.5, 0.6) is 0 Å². The number of aldehydes is 1. The van der Waals surface area contributed by atoms with E-state index in [2.05, 4.69) is 15.9 Å². The SMILES string of the molecule is O=CCC(=O)CCCBr. The molecular formula is C6H9BrO2. The zero-order valence-electron chi connectivity index (χ0n) is 5.10. The zero-order valence-corrected chi connectivity index (χ0v) is 6.69.